The van der Waals surface area contributed by atoms with Gasteiger partial charge in [0, 0.05) is 32.9 Å². The molecule has 0 aliphatic heterocycles. The molecular formula is C24H30Cl2N2O2S2. The third kappa shape index (κ3) is 10.5. The Hall–Kier alpha value is -1.34. The Kier molecular flexibility index (Phi) is 12.4. The Labute approximate surface area is 209 Å². The van der Waals surface area contributed by atoms with E-state index in [1.165, 1.54) is 23.5 Å². The molecule has 2 N–H and O–H groups in total. The van der Waals surface area contributed by atoms with Crippen molar-refractivity contribution in [3.05, 3.63) is 58.6 Å². The number of carbonyl (C=O) groups excluding carboxylic acids is 2. The molecule has 4 nitrogen and oxygen atoms in total. The first-order valence-electron chi connectivity index (χ1n) is 10.7. The molecule has 8 heteroatoms. The Morgan fingerprint density at radius 2 is 1.03 bits per heavy atom. The van der Waals surface area contributed by atoms with Gasteiger partial charge in [-0.3, -0.25) is 9.59 Å². The molecule has 0 bridgehead atoms. The highest BCUT2D eigenvalue weighted by Crippen LogP contribution is 2.25. The zero-order valence-electron chi connectivity index (χ0n) is 18.4. The standard InChI is InChI=1S/C24H30Cl2N2O2S2/c1-17(31-21-11-7-19(25)8-12-21)23(29)27-15-5-3-4-6-16-28-24(30)18(2)32-22-13-9-20(26)10-14-22/h7-14,17-18H,3-6,15-16H2,1-2H3,(H,27,29)(H,28,30). The highest BCUT2D eigenvalue weighted by Gasteiger charge is 2.14. The maximum absolute atomic E-state index is 12.2. The van der Waals surface area contributed by atoms with Crippen molar-refractivity contribution in [3.63, 3.8) is 0 Å². The van der Waals surface area contributed by atoms with E-state index < -0.39 is 0 Å². The van der Waals surface area contributed by atoms with E-state index in [0.717, 1.165) is 35.5 Å². The van der Waals surface area contributed by atoms with Gasteiger partial charge in [0.05, 0.1) is 10.5 Å². The minimum atomic E-state index is -0.154. The molecule has 32 heavy (non-hydrogen) atoms. The van der Waals surface area contributed by atoms with Gasteiger partial charge in [-0.05, 0) is 75.2 Å². The second-order valence-corrected chi connectivity index (χ2v) is 11.1. The Morgan fingerprint density at radius 3 is 1.38 bits per heavy atom. The summed E-state index contributed by atoms with van der Waals surface area (Å²) in [5, 5.41) is 7.07. The molecule has 2 aromatic rings. The lowest BCUT2D eigenvalue weighted by atomic mass is 10.2. The summed E-state index contributed by atoms with van der Waals surface area (Å²) < 4.78 is 0. The van der Waals surface area contributed by atoms with E-state index in [-0.39, 0.29) is 22.3 Å². The van der Waals surface area contributed by atoms with E-state index in [9.17, 15) is 9.59 Å². The number of hydrogen-bond donors (Lipinski definition) is 2. The lowest BCUT2D eigenvalue weighted by Gasteiger charge is -2.13. The zero-order chi connectivity index (χ0) is 23.3. The highest BCUT2D eigenvalue weighted by molar-refractivity contribution is 8.00. The van der Waals surface area contributed by atoms with Gasteiger partial charge in [0.15, 0.2) is 0 Å². The molecule has 2 atom stereocenters. The van der Waals surface area contributed by atoms with Crippen LogP contribution >= 0.6 is 46.7 Å². The predicted octanol–water partition coefficient (Wildman–Crippen LogP) is 6.45. The average molecular weight is 514 g/mol. The second kappa shape index (κ2) is 14.7. The summed E-state index contributed by atoms with van der Waals surface area (Å²) in [7, 11) is 0. The summed E-state index contributed by atoms with van der Waals surface area (Å²) in [5.74, 6) is 0.0915. The van der Waals surface area contributed by atoms with Gasteiger partial charge in [-0.15, -0.1) is 23.5 Å². The molecular weight excluding hydrogens is 483 g/mol. The van der Waals surface area contributed by atoms with Crippen molar-refractivity contribution in [1.29, 1.82) is 0 Å². The van der Waals surface area contributed by atoms with Gasteiger partial charge in [0.2, 0.25) is 11.8 Å². The van der Waals surface area contributed by atoms with Crippen LogP contribution in [0.2, 0.25) is 10.0 Å². The molecule has 2 aromatic carbocycles. The molecule has 0 heterocycles. The molecule has 2 rings (SSSR count). The topological polar surface area (TPSA) is 58.2 Å². The van der Waals surface area contributed by atoms with Gasteiger partial charge >= 0.3 is 0 Å². The maximum Gasteiger partial charge on any atom is 0.233 e. The normalized spacial score (nSPS) is 12.8. The average Bonchev–Trinajstić information content (AvgIpc) is 2.78. The van der Waals surface area contributed by atoms with Crippen LogP contribution in [-0.2, 0) is 9.59 Å². The van der Waals surface area contributed by atoms with Gasteiger partial charge in [-0.2, -0.15) is 0 Å². The van der Waals surface area contributed by atoms with Crippen LogP contribution in [0.5, 0.6) is 0 Å². The lowest BCUT2D eigenvalue weighted by Crippen LogP contribution is -2.32. The Bertz CT molecular complexity index is 777. The fourth-order valence-corrected chi connectivity index (χ4v) is 4.89. The first-order valence-corrected chi connectivity index (χ1v) is 13.3. The molecule has 0 saturated carbocycles. The minimum Gasteiger partial charge on any atom is -0.355 e. The Balaban J connectivity index is 1.49. The fourth-order valence-electron chi connectivity index (χ4n) is 2.86. The number of thioether (sulfide) groups is 2. The number of rotatable bonds is 13. The molecule has 0 aliphatic carbocycles. The molecule has 174 valence electrons. The van der Waals surface area contributed by atoms with Crippen molar-refractivity contribution in [2.75, 3.05) is 13.1 Å². The fraction of sp³-hybridized carbons (Fsp3) is 0.417. The van der Waals surface area contributed by atoms with Crippen LogP contribution in [0, 0.1) is 0 Å². The summed E-state index contributed by atoms with van der Waals surface area (Å²) in [4.78, 5) is 26.5. The largest absolute Gasteiger partial charge is 0.355 e. The third-order valence-corrected chi connectivity index (χ3v) is 7.42. The van der Waals surface area contributed by atoms with E-state index in [2.05, 4.69) is 10.6 Å². The number of halogens is 2. The summed E-state index contributed by atoms with van der Waals surface area (Å²) in [6, 6.07) is 15.0. The van der Waals surface area contributed by atoms with Gasteiger partial charge in [0.25, 0.3) is 0 Å². The van der Waals surface area contributed by atoms with Crippen LogP contribution in [0.3, 0.4) is 0 Å². The number of carbonyl (C=O) groups is 2. The predicted molar refractivity (Wildman–Crippen MR) is 138 cm³/mol. The highest BCUT2D eigenvalue weighted by atomic mass is 35.5. The summed E-state index contributed by atoms with van der Waals surface area (Å²) in [5.41, 5.74) is 0. The summed E-state index contributed by atoms with van der Waals surface area (Å²) >= 11 is 14.8. The first kappa shape index (κ1) is 26.9. The number of unbranched alkanes of at least 4 members (excludes halogenated alkanes) is 3. The van der Waals surface area contributed by atoms with Crippen molar-refractivity contribution in [3.8, 4) is 0 Å². The van der Waals surface area contributed by atoms with Gasteiger partial charge < -0.3 is 10.6 Å². The van der Waals surface area contributed by atoms with Crippen molar-refractivity contribution in [2.45, 2.75) is 59.8 Å². The summed E-state index contributed by atoms with van der Waals surface area (Å²) in [6.45, 7) is 5.16. The van der Waals surface area contributed by atoms with Gasteiger partial charge in [-0.25, -0.2) is 0 Å². The number of benzene rings is 2. The van der Waals surface area contributed by atoms with Crippen molar-refractivity contribution >= 4 is 58.5 Å². The maximum atomic E-state index is 12.2. The van der Waals surface area contributed by atoms with Crippen molar-refractivity contribution < 1.29 is 9.59 Å². The van der Waals surface area contributed by atoms with Crippen LogP contribution in [0.25, 0.3) is 0 Å². The van der Waals surface area contributed by atoms with Crippen LogP contribution in [0.15, 0.2) is 58.3 Å². The van der Waals surface area contributed by atoms with Gasteiger partial charge in [-0.1, -0.05) is 36.0 Å². The monoisotopic (exact) mass is 512 g/mol. The summed E-state index contributed by atoms with van der Waals surface area (Å²) in [6.07, 6.45) is 3.90. The van der Waals surface area contributed by atoms with E-state index in [1.54, 1.807) is 0 Å². The zero-order valence-corrected chi connectivity index (χ0v) is 21.5. The van der Waals surface area contributed by atoms with Crippen LogP contribution in [0.1, 0.15) is 39.5 Å². The quantitative estimate of drug-likeness (QED) is 0.239. The van der Waals surface area contributed by atoms with E-state index in [1.807, 2.05) is 62.4 Å². The SMILES string of the molecule is CC(Sc1ccc(Cl)cc1)C(=O)NCCCCCCNC(=O)C(C)Sc1ccc(Cl)cc1. The Morgan fingerprint density at radius 1 is 0.688 bits per heavy atom. The molecule has 0 radical (unpaired) electrons. The van der Waals surface area contributed by atoms with E-state index >= 15 is 0 Å². The first-order chi connectivity index (χ1) is 15.3. The van der Waals surface area contributed by atoms with Gasteiger partial charge in [0.1, 0.15) is 0 Å². The number of nitrogens with one attached hydrogen (secondary N) is 2. The molecule has 0 aromatic heterocycles. The third-order valence-electron chi connectivity index (χ3n) is 4.69. The lowest BCUT2D eigenvalue weighted by molar-refractivity contribution is -0.121. The van der Waals surface area contributed by atoms with E-state index in [4.69, 9.17) is 23.2 Å². The molecule has 0 saturated heterocycles. The second-order valence-electron chi connectivity index (χ2n) is 7.42. The van der Waals surface area contributed by atoms with Crippen LogP contribution in [0.4, 0.5) is 0 Å². The molecule has 0 spiro atoms. The van der Waals surface area contributed by atoms with Crippen molar-refractivity contribution in [2.24, 2.45) is 0 Å². The van der Waals surface area contributed by atoms with Crippen molar-refractivity contribution in [1.82, 2.24) is 10.6 Å². The van der Waals surface area contributed by atoms with Crippen LogP contribution < -0.4 is 10.6 Å². The number of amides is 2. The van der Waals surface area contributed by atoms with E-state index in [0.29, 0.717) is 23.1 Å². The van der Waals surface area contributed by atoms with Crippen LogP contribution in [-0.4, -0.2) is 35.4 Å². The molecule has 0 fully saturated rings. The minimum absolute atomic E-state index is 0.0457. The molecule has 2 unspecified atom stereocenters. The molecule has 0 aliphatic rings. The molecule has 2 amide bonds. The number of hydrogen-bond acceptors (Lipinski definition) is 4. The smallest absolute Gasteiger partial charge is 0.233 e.